The predicted molar refractivity (Wildman–Crippen MR) is 61.1 cm³/mol. The van der Waals surface area contributed by atoms with Gasteiger partial charge in [-0.2, -0.15) is 0 Å². The third kappa shape index (κ3) is 2.52. The summed E-state index contributed by atoms with van der Waals surface area (Å²) < 4.78 is 0. The number of aromatic nitrogens is 1. The first-order valence-electron chi connectivity index (χ1n) is 4.91. The highest BCUT2D eigenvalue weighted by Crippen LogP contribution is 2.22. The number of rotatable bonds is 4. The van der Waals surface area contributed by atoms with Gasteiger partial charge >= 0.3 is 0 Å². The predicted octanol–water partition coefficient (Wildman–Crippen LogP) is 1.85. The average molecular weight is 194 g/mol. The van der Waals surface area contributed by atoms with Crippen LogP contribution in [0.25, 0.3) is 0 Å². The van der Waals surface area contributed by atoms with E-state index in [-0.39, 0.29) is 0 Å². The second-order valence-electron chi connectivity index (χ2n) is 3.50. The fourth-order valence-corrected chi connectivity index (χ4v) is 1.34. The van der Waals surface area contributed by atoms with Crippen LogP contribution in [0.15, 0.2) is 12.3 Å². The van der Waals surface area contributed by atoms with Gasteiger partial charge in [-0.15, -0.1) is 0 Å². The number of anilines is 3. The van der Waals surface area contributed by atoms with Crippen molar-refractivity contribution in [3.05, 3.63) is 12.3 Å². The molecule has 0 radical (unpaired) electrons. The highest BCUT2D eigenvalue weighted by molar-refractivity contribution is 5.75. The Hall–Kier alpha value is -1.45. The van der Waals surface area contributed by atoms with Crippen molar-refractivity contribution in [2.24, 2.45) is 0 Å². The number of nitrogens with one attached hydrogen (secondary N) is 1. The zero-order valence-corrected chi connectivity index (χ0v) is 8.75. The minimum atomic E-state index is 0.372. The van der Waals surface area contributed by atoms with Crippen LogP contribution in [-0.4, -0.2) is 11.0 Å². The van der Waals surface area contributed by atoms with Gasteiger partial charge in [0.2, 0.25) is 0 Å². The second kappa shape index (κ2) is 4.69. The smallest absolute Gasteiger partial charge is 0.151 e. The van der Waals surface area contributed by atoms with E-state index in [4.69, 9.17) is 11.5 Å². The van der Waals surface area contributed by atoms with Gasteiger partial charge in [-0.05, 0) is 19.4 Å². The minimum Gasteiger partial charge on any atom is -0.397 e. The van der Waals surface area contributed by atoms with Gasteiger partial charge in [0.15, 0.2) is 5.82 Å². The van der Waals surface area contributed by atoms with Crippen LogP contribution in [-0.2, 0) is 0 Å². The van der Waals surface area contributed by atoms with E-state index in [9.17, 15) is 0 Å². The van der Waals surface area contributed by atoms with E-state index >= 15 is 0 Å². The molecule has 1 unspecified atom stereocenters. The van der Waals surface area contributed by atoms with Gasteiger partial charge in [-0.25, -0.2) is 4.98 Å². The maximum Gasteiger partial charge on any atom is 0.151 e. The summed E-state index contributed by atoms with van der Waals surface area (Å²) in [5.41, 5.74) is 12.6. The van der Waals surface area contributed by atoms with Crippen molar-refractivity contribution in [1.82, 2.24) is 4.98 Å². The average Bonchev–Trinajstić information content (AvgIpc) is 2.13. The lowest BCUT2D eigenvalue weighted by atomic mass is 10.2. The lowest BCUT2D eigenvalue weighted by Crippen LogP contribution is -2.17. The Morgan fingerprint density at radius 1 is 1.50 bits per heavy atom. The van der Waals surface area contributed by atoms with Gasteiger partial charge in [0, 0.05) is 12.2 Å². The molecule has 0 bridgehead atoms. The first-order valence-corrected chi connectivity index (χ1v) is 4.91. The van der Waals surface area contributed by atoms with Gasteiger partial charge in [0.05, 0.1) is 11.4 Å². The van der Waals surface area contributed by atoms with Gasteiger partial charge in [0.1, 0.15) is 0 Å². The molecule has 0 aliphatic carbocycles. The molecule has 1 rings (SSSR count). The fraction of sp³-hybridized carbons (Fsp3) is 0.500. The number of hydrogen-bond acceptors (Lipinski definition) is 4. The summed E-state index contributed by atoms with van der Waals surface area (Å²) in [4.78, 5) is 4.15. The quantitative estimate of drug-likeness (QED) is 0.683. The van der Waals surface area contributed by atoms with Gasteiger partial charge in [-0.3, -0.25) is 0 Å². The molecule has 0 spiro atoms. The monoisotopic (exact) mass is 194 g/mol. The summed E-state index contributed by atoms with van der Waals surface area (Å²) in [5, 5.41) is 3.24. The van der Waals surface area contributed by atoms with Crippen LogP contribution < -0.4 is 16.8 Å². The molecule has 1 aromatic rings. The Labute approximate surface area is 84.7 Å². The Kier molecular flexibility index (Phi) is 3.56. The summed E-state index contributed by atoms with van der Waals surface area (Å²) in [6, 6.07) is 2.07. The molecule has 0 aromatic carbocycles. The molecule has 0 saturated carbocycles. The molecule has 14 heavy (non-hydrogen) atoms. The molecule has 1 atom stereocenters. The minimum absolute atomic E-state index is 0.372. The molecule has 5 N–H and O–H groups in total. The maximum absolute atomic E-state index is 5.78. The lowest BCUT2D eigenvalue weighted by molar-refractivity contribution is 0.688. The van der Waals surface area contributed by atoms with E-state index in [2.05, 4.69) is 24.1 Å². The van der Waals surface area contributed by atoms with E-state index in [1.807, 2.05) is 0 Å². The summed E-state index contributed by atoms with van der Waals surface area (Å²) in [5.74, 6) is 0.686. The Morgan fingerprint density at radius 3 is 2.86 bits per heavy atom. The summed E-state index contributed by atoms with van der Waals surface area (Å²) >= 11 is 0. The van der Waals surface area contributed by atoms with Crippen LogP contribution in [0, 0.1) is 0 Å². The van der Waals surface area contributed by atoms with Crippen molar-refractivity contribution in [1.29, 1.82) is 0 Å². The fourth-order valence-electron chi connectivity index (χ4n) is 1.34. The molecule has 4 nitrogen and oxygen atoms in total. The Morgan fingerprint density at radius 2 is 2.21 bits per heavy atom. The molecule has 1 aromatic heterocycles. The normalized spacial score (nSPS) is 12.4. The van der Waals surface area contributed by atoms with Crippen molar-refractivity contribution in [2.75, 3.05) is 16.8 Å². The van der Waals surface area contributed by atoms with E-state index in [1.165, 1.54) is 0 Å². The maximum atomic E-state index is 5.78. The van der Waals surface area contributed by atoms with Crippen LogP contribution in [0.2, 0.25) is 0 Å². The van der Waals surface area contributed by atoms with E-state index in [0.717, 1.165) is 12.8 Å². The van der Waals surface area contributed by atoms with Crippen LogP contribution in [0.1, 0.15) is 26.7 Å². The van der Waals surface area contributed by atoms with Crippen molar-refractivity contribution in [3.8, 4) is 0 Å². The molecule has 0 aliphatic heterocycles. The molecular weight excluding hydrogens is 176 g/mol. The molecule has 1 heterocycles. The van der Waals surface area contributed by atoms with Crippen molar-refractivity contribution >= 4 is 17.2 Å². The lowest BCUT2D eigenvalue weighted by Gasteiger charge is -2.15. The number of pyridine rings is 1. The van der Waals surface area contributed by atoms with Crippen molar-refractivity contribution in [2.45, 2.75) is 32.7 Å². The first kappa shape index (κ1) is 10.6. The molecule has 0 aliphatic rings. The Balaban J connectivity index is 2.71. The summed E-state index contributed by atoms with van der Waals surface area (Å²) in [6.07, 6.45) is 3.89. The second-order valence-corrected chi connectivity index (χ2v) is 3.50. The van der Waals surface area contributed by atoms with E-state index in [1.54, 1.807) is 12.3 Å². The van der Waals surface area contributed by atoms with Crippen molar-refractivity contribution < 1.29 is 0 Å². The molecule has 78 valence electrons. The molecular formula is C10H18N4. The number of nitrogen functional groups attached to an aromatic ring is 2. The van der Waals surface area contributed by atoms with Crippen molar-refractivity contribution in [3.63, 3.8) is 0 Å². The topological polar surface area (TPSA) is 77.0 Å². The zero-order valence-electron chi connectivity index (χ0n) is 8.75. The number of nitrogens with two attached hydrogens (primary N) is 2. The Bertz CT molecular complexity index is 298. The summed E-state index contributed by atoms with van der Waals surface area (Å²) in [7, 11) is 0. The first-order chi connectivity index (χ1) is 6.65. The highest BCUT2D eigenvalue weighted by atomic mass is 15.0. The summed E-state index contributed by atoms with van der Waals surface area (Å²) in [6.45, 7) is 4.25. The van der Waals surface area contributed by atoms with Gasteiger partial charge < -0.3 is 16.8 Å². The highest BCUT2D eigenvalue weighted by Gasteiger charge is 2.06. The van der Waals surface area contributed by atoms with Crippen LogP contribution in [0.3, 0.4) is 0 Å². The largest absolute Gasteiger partial charge is 0.397 e. The standard InChI is InChI=1S/C10H18N4/c1-3-4-7(2)14-10-9(12)8(11)5-6-13-10/h5-7H,3-4,12H2,1-2H3,(H3,11,13,14). The van der Waals surface area contributed by atoms with E-state index < -0.39 is 0 Å². The van der Waals surface area contributed by atoms with Gasteiger partial charge in [-0.1, -0.05) is 13.3 Å². The van der Waals surface area contributed by atoms with Gasteiger partial charge in [0.25, 0.3) is 0 Å². The van der Waals surface area contributed by atoms with Crippen LogP contribution in [0.4, 0.5) is 17.2 Å². The SMILES string of the molecule is CCCC(C)Nc1nccc(N)c1N. The zero-order chi connectivity index (χ0) is 10.6. The third-order valence-corrected chi connectivity index (χ3v) is 2.13. The molecule has 0 amide bonds. The van der Waals surface area contributed by atoms with E-state index in [0.29, 0.717) is 23.2 Å². The van der Waals surface area contributed by atoms with Crippen LogP contribution in [0.5, 0.6) is 0 Å². The number of hydrogen-bond donors (Lipinski definition) is 3. The van der Waals surface area contributed by atoms with Crippen LogP contribution >= 0.6 is 0 Å². The molecule has 4 heteroatoms. The third-order valence-electron chi connectivity index (χ3n) is 2.13. The molecule has 0 saturated heterocycles. The number of nitrogens with zero attached hydrogens (tertiary/aromatic N) is 1. The molecule has 0 fully saturated rings.